The van der Waals surface area contributed by atoms with Crippen molar-refractivity contribution in [3.63, 3.8) is 0 Å². The molecule has 0 N–H and O–H groups in total. The van der Waals surface area contributed by atoms with Crippen LogP contribution in [0.4, 0.5) is 0 Å². The van der Waals surface area contributed by atoms with E-state index in [1.165, 1.54) is 11.1 Å². The van der Waals surface area contributed by atoms with Gasteiger partial charge in [-0.15, -0.1) is 0 Å². The predicted octanol–water partition coefficient (Wildman–Crippen LogP) is 3.22. The van der Waals surface area contributed by atoms with Gasteiger partial charge in [0.1, 0.15) is 0 Å². The number of nitrogens with zero attached hydrogens (tertiary/aromatic N) is 1. The van der Waals surface area contributed by atoms with Crippen LogP contribution < -0.4 is 28.4 Å². The minimum absolute atomic E-state index is 0.133. The third-order valence-corrected chi connectivity index (χ3v) is 5.77. The quantitative estimate of drug-likeness (QED) is 0.737. The van der Waals surface area contributed by atoms with Crippen LogP contribution in [0, 0.1) is 0 Å². The summed E-state index contributed by atoms with van der Waals surface area (Å²) < 4.78 is 33.7. The summed E-state index contributed by atoms with van der Waals surface area (Å²) in [6.45, 7) is 1.14. The minimum atomic E-state index is 0.133. The Labute approximate surface area is 171 Å². The summed E-state index contributed by atoms with van der Waals surface area (Å²) in [4.78, 5) is 2.35. The van der Waals surface area contributed by atoms with Gasteiger partial charge in [-0.1, -0.05) is 6.07 Å². The molecular weight excluding hydrogens is 374 g/mol. The molecule has 2 aliphatic rings. The highest BCUT2D eigenvalue weighted by Crippen LogP contribution is 2.50. The van der Waals surface area contributed by atoms with Crippen molar-refractivity contribution in [2.45, 2.75) is 18.9 Å². The van der Waals surface area contributed by atoms with E-state index in [2.05, 4.69) is 18.0 Å². The lowest BCUT2D eigenvalue weighted by Crippen LogP contribution is -2.33. The summed E-state index contributed by atoms with van der Waals surface area (Å²) in [5, 5.41) is 0. The van der Waals surface area contributed by atoms with Crippen LogP contribution in [0.15, 0.2) is 18.2 Å². The second-order valence-corrected chi connectivity index (χ2v) is 7.16. The molecule has 0 saturated heterocycles. The lowest BCUT2D eigenvalue weighted by atomic mass is 9.87. The fourth-order valence-corrected chi connectivity index (χ4v) is 4.32. The monoisotopic (exact) mass is 401 g/mol. The van der Waals surface area contributed by atoms with Crippen LogP contribution in [-0.4, -0.2) is 53.7 Å². The maximum atomic E-state index is 5.72. The van der Waals surface area contributed by atoms with E-state index >= 15 is 0 Å². The van der Waals surface area contributed by atoms with Crippen LogP contribution in [0.5, 0.6) is 34.5 Å². The Hall–Kier alpha value is -2.80. The Balaban J connectivity index is 1.78. The maximum absolute atomic E-state index is 5.72. The first-order valence-electron chi connectivity index (χ1n) is 9.60. The molecule has 2 aromatic carbocycles. The Bertz CT molecular complexity index is 913. The van der Waals surface area contributed by atoms with Gasteiger partial charge in [0.25, 0.3) is 0 Å². The molecular formula is C22H27NO6. The number of likely N-dealkylation sites (N-methyl/N-ethyl adjacent to an activating group) is 1. The highest BCUT2D eigenvalue weighted by Gasteiger charge is 2.33. The number of hydrogen-bond acceptors (Lipinski definition) is 7. The Morgan fingerprint density at radius 1 is 0.966 bits per heavy atom. The van der Waals surface area contributed by atoms with Crippen molar-refractivity contribution < 1.29 is 28.4 Å². The van der Waals surface area contributed by atoms with Crippen molar-refractivity contribution in [2.24, 2.45) is 0 Å². The van der Waals surface area contributed by atoms with Crippen molar-refractivity contribution in [2.75, 3.05) is 48.8 Å². The van der Waals surface area contributed by atoms with Gasteiger partial charge in [0, 0.05) is 23.7 Å². The van der Waals surface area contributed by atoms with Crippen LogP contribution in [-0.2, 0) is 12.8 Å². The largest absolute Gasteiger partial charge is 0.493 e. The molecule has 0 aliphatic carbocycles. The zero-order valence-electron chi connectivity index (χ0n) is 17.5. The molecule has 0 saturated carbocycles. The fourth-order valence-electron chi connectivity index (χ4n) is 4.32. The number of hydrogen-bond donors (Lipinski definition) is 0. The van der Waals surface area contributed by atoms with Crippen molar-refractivity contribution in [3.8, 4) is 34.5 Å². The molecule has 2 aromatic rings. The fraction of sp³-hybridized carbons (Fsp3) is 0.455. The molecule has 1 atom stereocenters. The first-order valence-corrected chi connectivity index (χ1v) is 9.60. The molecule has 156 valence electrons. The molecule has 1 unspecified atom stereocenters. The number of ether oxygens (including phenoxy) is 6. The SMILES string of the molecule is COc1ccc(CC2c3cc4c(c(OC)c3CCN2C)OCO4)c(OC)c1OC. The van der Waals surface area contributed by atoms with Crippen molar-refractivity contribution in [3.05, 3.63) is 34.9 Å². The lowest BCUT2D eigenvalue weighted by molar-refractivity contribution is 0.171. The number of methoxy groups -OCH3 is 4. The van der Waals surface area contributed by atoms with Gasteiger partial charge in [-0.05, 0) is 37.6 Å². The van der Waals surface area contributed by atoms with E-state index in [1.807, 2.05) is 12.1 Å². The van der Waals surface area contributed by atoms with Crippen molar-refractivity contribution in [1.82, 2.24) is 4.90 Å². The smallest absolute Gasteiger partial charge is 0.231 e. The molecule has 7 nitrogen and oxygen atoms in total. The zero-order chi connectivity index (χ0) is 20.5. The number of rotatable bonds is 6. The van der Waals surface area contributed by atoms with Gasteiger partial charge in [0.05, 0.1) is 28.4 Å². The van der Waals surface area contributed by atoms with Gasteiger partial charge in [0.2, 0.25) is 18.3 Å². The van der Waals surface area contributed by atoms with Crippen LogP contribution in [0.25, 0.3) is 0 Å². The van der Waals surface area contributed by atoms with Gasteiger partial charge >= 0.3 is 0 Å². The Morgan fingerprint density at radius 3 is 2.41 bits per heavy atom. The average molecular weight is 401 g/mol. The number of benzene rings is 2. The van der Waals surface area contributed by atoms with E-state index < -0.39 is 0 Å². The van der Waals surface area contributed by atoms with Crippen molar-refractivity contribution >= 4 is 0 Å². The molecule has 0 spiro atoms. The topological polar surface area (TPSA) is 58.6 Å². The third-order valence-electron chi connectivity index (χ3n) is 5.77. The van der Waals surface area contributed by atoms with E-state index in [-0.39, 0.29) is 12.8 Å². The molecule has 2 heterocycles. The molecule has 0 radical (unpaired) electrons. The Morgan fingerprint density at radius 2 is 1.72 bits per heavy atom. The normalized spacial score (nSPS) is 17.6. The highest BCUT2D eigenvalue weighted by atomic mass is 16.7. The lowest BCUT2D eigenvalue weighted by Gasteiger charge is -2.36. The van der Waals surface area contributed by atoms with E-state index in [0.29, 0.717) is 23.0 Å². The summed E-state index contributed by atoms with van der Waals surface area (Å²) in [7, 11) is 8.72. The molecule has 0 aromatic heterocycles. The Kier molecular flexibility index (Phi) is 5.32. The molecule has 0 fully saturated rings. The zero-order valence-corrected chi connectivity index (χ0v) is 17.5. The van der Waals surface area contributed by atoms with Crippen LogP contribution in [0.1, 0.15) is 22.7 Å². The second-order valence-electron chi connectivity index (χ2n) is 7.16. The summed E-state index contributed by atoms with van der Waals surface area (Å²) >= 11 is 0. The highest BCUT2D eigenvalue weighted by molar-refractivity contribution is 5.62. The van der Waals surface area contributed by atoms with E-state index in [9.17, 15) is 0 Å². The summed E-state index contributed by atoms with van der Waals surface area (Å²) in [6, 6.07) is 6.18. The third kappa shape index (κ3) is 3.19. The van der Waals surface area contributed by atoms with Gasteiger partial charge in [-0.25, -0.2) is 0 Å². The summed E-state index contributed by atoms with van der Waals surface area (Å²) in [6.07, 6.45) is 1.64. The maximum Gasteiger partial charge on any atom is 0.231 e. The van der Waals surface area contributed by atoms with E-state index in [0.717, 1.165) is 36.4 Å². The molecule has 4 rings (SSSR count). The molecule has 0 amide bonds. The minimum Gasteiger partial charge on any atom is -0.493 e. The molecule has 0 bridgehead atoms. The summed E-state index contributed by atoms with van der Waals surface area (Å²) in [5.74, 6) is 4.18. The van der Waals surface area contributed by atoms with Crippen molar-refractivity contribution in [1.29, 1.82) is 0 Å². The molecule has 7 heteroatoms. The van der Waals surface area contributed by atoms with Crippen LogP contribution in [0.3, 0.4) is 0 Å². The number of fused-ring (bicyclic) bond motifs is 2. The van der Waals surface area contributed by atoms with E-state index in [1.54, 1.807) is 28.4 Å². The first-order chi connectivity index (χ1) is 14.1. The first kappa shape index (κ1) is 19.5. The van der Waals surface area contributed by atoms with E-state index in [4.69, 9.17) is 28.4 Å². The second kappa shape index (κ2) is 7.91. The predicted molar refractivity (Wildman–Crippen MR) is 108 cm³/mol. The average Bonchev–Trinajstić information content (AvgIpc) is 3.21. The molecule has 2 aliphatic heterocycles. The standard InChI is InChI=1S/C22H27NO6/c1-23-9-8-14-15(11-18-22(20(14)26-4)29-12-28-18)16(23)10-13-6-7-17(24-2)21(27-5)19(13)25-3/h6-7,11,16H,8-10,12H2,1-5H3. The van der Waals surface area contributed by atoms with Crippen LogP contribution >= 0.6 is 0 Å². The van der Waals surface area contributed by atoms with Gasteiger partial charge < -0.3 is 28.4 Å². The molecule has 29 heavy (non-hydrogen) atoms. The van der Waals surface area contributed by atoms with Gasteiger partial charge in [-0.3, -0.25) is 4.90 Å². The van der Waals surface area contributed by atoms with Gasteiger partial charge in [0.15, 0.2) is 23.0 Å². The van der Waals surface area contributed by atoms with Gasteiger partial charge in [-0.2, -0.15) is 0 Å². The van der Waals surface area contributed by atoms with Crippen LogP contribution in [0.2, 0.25) is 0 Å². The summed E-state index contributed by atoms with van der Waals surface area (Å²) in [5.41, 5.74) is 3.42.